The molecule has 0 saturated carbocycles. The zero-order valence-electron chi connectivity index (χ0n) is 9.63. The third-order valence-corrected chi connectivity index (χ3v) is 3.23. The van der Waals surface area contributed by atoms with Crippen LogP contribution in [0.15, 0.2) is 18.2 Å². The van der Waals surface area contributed by atoms with E-state index in [9.17, 15) is 4.79 Å². The summed E-state index contributed by atoms with van der Waals surface area (Å²) in [5.41, 5.74) is 0. The van der Waals surface area contributed by atoms with Crippen LogP contribution >= 0.6 is 34.2 Å². The minimum Gasteiger partial charge on any atom is -0.483 e. The summed E-state index contributed by atoms with van der Waals surface area (Å²) < 4.78 is 6.34. The first-order chi connectivity index (χ1) is 8.13. The van der Waals surface area contributed by atoms with Crippen molar-refractivity contribution in [2.24, 2.45) is 0 Å². The summed E-state index contributed by atoms with van der Waals surface area (Å²) in [4.78, 5) is 11.4. The molecule has 5 heteroatoms. The van der Waals surface area contributed by atoms with E-state index in [2.05, 4.69) is 34.8 Å². The highest BCUT2D eigenvalue weighted by Gasteiger charge is 2.05. The smallest absolute Gasteiger partial charge is 0.257 e. The van der Waals surface area contributed by atoms with Crippen molar-refractivity contribution in [3.05, 3.63) is 26.8 Å². The van der Waals surface area contributed by atoms with Crippen molar-refractivity contribution in [1.82, 2.24) is 5.32 Å². The molecule has 0 aliphatic rings. The normalized spacial score (nSPS) is 10.1. The first kappa shape index (κ1) is 14.6. The van der Waals surface area contributed by atoms with Gasteiger partial charge in [0.1, 0.15) is 5.75 Å². The van der Waals surface area contributed by atoms with Gasteiger partial charge in [0.05, 0.1) is 3.57 Å². The summed E-state index contributed by atoms with van der Waals surface area (Å²) in [6.07, 6.45) is 2.05. The molecular formula is C12H15ClINO2. The van der Waals surface area contributed by atoms with Gasteiger partial charge in [-0.1, -0.05) is 24.9 Å². The minimum absolute atomic E-state index is 0.0278. The fraction of sp³-hybridized carbons (Fsp3) is 0.417. The summed E-state index contributed by atoms with van der Waals surface area (Å²) in [6, 6.07) is 5.35. The van der Waals surface area contributed by atoms with E-state index in [4.69, 9.17) is 16.3 Å². The maximum atomic E-state index is 11.4. The van der Waals surface area contributed by atoms with Crippen LogP contribution in [-0.2, 0) is 4.79 Å². The highest BCUT2D eigenvalue weighted by molar-refractivity contribution is 14.1. The lowest BCUT2D eigenvalue weighted by Gasteiger charge is -2.08. The molecule has 0 aliphatic carbocycles. The Balaban J connectivity index is 2.39. The number of hydrogen-bond acceptors (Lipinski definition) is 2. The quantitative estimate of drug-likeness (QED) is 0.619. The van der Waals surface area contributed by atoms with Gasteiger partial charge in [0.2, 0.25) is 0 Å². The second-order valence-corrected chi connectivity index (χ2v) is 5.17. The van der Waals surface area contributed by atoms with Gasteiger partial charge >= 0.3 is 0 Å². The van der Waals surface area contributed by atoms with Crippen molar-refractivity contribution < 1.29 is 9.53 Å². The Morgan fingerprint density at radius 3 is 3.00 bits per heavy atom. The summed E-state index contributed by atoms with van der Waals surface area (Å²) in [6.45, 7) is 2.81. The Morgan fingerprint density at radius 2 is 2.29 bits per heavy atom. The largest absolute Gasteiger partial charge is 0.483 e. The number of rotatable bonds is 6. The van der Waals surface area contributed by atoms with Crippen LogP contribution in [0.1, 0.15) is 19.8 Å². The third kappa shape index (κ3) is 5.59. The highest BCUT2D eigenvalue weighted by Crippen LogP contribution is 2.24. The van der Waals surface area contributed by atoms with Crippen LogP contribution in [0, 0.1) is 3.57 Å². The molecule has 0 fully saturated rings. The number of carbonyl (C=O) groups is 1. The first-order valence-corrected chi connectivity index (χ1v) is 6.93. The third-order valence-electron chi connectivity index (χ3n) is 2.10. The topological polar surface area (TPSA) is 38.3 Å². The van der Waals surface area contributed by atoms with Gasteiger partial charge in [-0.05, 0) is 47.2 Å². The fourth-order valence-corrected chi connectivity index (χ4v) is 1.84. The number of halogens is 2. The van der Waals surface area contributed by atoms with Crippen molar-refractivity contribution >= 4 is 40.1 Å². The molecule has 0 atom stereocenters. The number of unbranched alkanes of at least 4 members (excludes halogenated alkanes) is 1. The standard InChI is InChI=1S/C12H15ClINO2/c1-2-3-6-15-12(16)8-17-11-7-9(13)4-5-10(11)14/h4-5,7H,2-3,6,8H2,1H3,(H,15,16). The molecule has 1 aromatic carbocycles. The number of ether oxygens (including phenoxy) is 1. The van der Waals surface area contributed by atoms with Gasteiger partial charge in [-0.25, -0.2) is 0 Å². The fourth-order valence-electron chi connectivity index (χ4n) is 1.19. The van der Waals surface area contributed by atoms with Gasteiger partial charge in [0.15, 0.2) is 6.61 Å². The molecule has 3 nitrogen and oxygen atoms in total. The van der Waals surface area contributed by atoms with E-state index in [0.717, 1.165) is 16.4 Å². The molecule has 0 radical (unpaired) electrons. The van der Waals surface area contributed by atoms with Crippen LogP contribution in [-0.4, -0.2) is 19.1 Å². The number of nitrogens with one attached hydrogen (secondary N) is 1. The lowest BCUT2D eigenvalue weighted by molar-refractivity contribution is -0.123. The predicted octanol–water partition coefficient (Wildman–Crippen LogP) is 3.24. The van der Waals surface area contributed by atoms with E-state index in [0.29, 0.717) is 17.3 Å². The molecule has 1 N–H and O–H groups in total. The van der Waals surface area contributed by atoms with Gasteiger partial charge in [-0.3, -0.25) is 4.79 Å². The van der Waals surface area contributed by atoms with E-state index >= 15 is 0 Å². The summed E-state index contributed by atoms with van der Waals surface area (Å²) >= 11 is 7.99. The number of carbonyl (C=O) groups excluding carboxylic acids is 1. The summed E-state index contributed by atoms with van der Waals surface area (Å²) in [5, 5.41) is 3.39. The van der Waals surface area contributed by atoms with Gasteiger partial charge in [0.25, 0.3) is 5.91 Å². The molecule has 94 valence electrons. The molecule has 0 saturated heterocycles. The van der Waals surface area contributed by atoms with Crippen molar-refractivity contribution in [3.8, 4) is 5.75 Å². The number of benzene rings is 1. The second kappa shape index (κ2) is 7.76. The summed E-state index contributed by atoms with van der Waals surface area (Å²) in [5.74, 6) is 0.540. The highest BCUT2D eigenvalue weighted by atomic mass is 127. The Bertz CT molecular complexity index is 385. The predicted molar refractivity (Wildman–Crippen MR) is 77.6 cm³/mol. The Labute approximate surface area is 120 Å². The number of amides is 1. The van der Waals surface area contributed by atoms with Crippen LogP contribution in [0.3, 0.4) is 0 Å². The van der Waals surface area contributed by atoms with Crippen molar-refractivity contribution in [1.29, 1.82) is 0 Å². The zero-order valence-corrected chi connectivity index (χ0v) is 12.5. The Morgan fingerprint density at radius 1 is 1.53 bits per heavy atom. The average Bonchev–Trinajstić information content (AvgIpc) is 2.31. The zero-order chi connectivity index (χ0) is 12.7. The van der Waals surface area contributed by atoms with E-state index < -0.39 is 0 Å². The van der Waals surface area contributed by atoms with E-state index in [1.807, 2.05) is 6.07 Å². The first-order valence-electron chi connectivity index (χ1n) is 5.48. The van der Waals surface area contributed by atoms with E-state index in [-0.39, 0.29) is 12.5 Å². The van der Waals surface area contributed by atoms with E-state index in [1.165, 1.54) is 0 Å². The van der Waals surface area contributed by atoms with Gasteiger partial charge in [-0.2, -0.15) is 0 Å². The molecule has 0 heterocycles. The van der Waals surface area contributed by atoms with Crippen molar-refractivity contribution in [2.75, 3.05) is 13.2 Å². The molecule has 1 rings (SSSR count). The van der Waals surface area contributed by atoms with Gasteiger partial charge in [-0.15, -0.1) is 0 Å². The van der Waals surface area contributed by atoms with Crippen LogP contribution in [0.5, 0.6) is 5.75 Å². The number of hydrogen-bond donors (Lipinski definition) is 1. The van der Waals surface area contributed by atoms with Gasteiger partial charge in [0, 0.05) is 11.6 Å². The second-order valence-electron chi connectivity index (χ2n) is 3.57. The average molecular weight is 368 g/mol. The maximum absolute atomic E-state index is 11.4. The molecule has 0 aliphatic heterocycles. The Kier molecular flexibility index (Phi) is 6.65. The summed E-state index contributed by atoms with van der Waals surface area (Å²) in [7, 11) is 0. The maximum Gasteiger partial charge on any atom is 0.257 e. The molecular weight excluding hydrogens is 352 g/mol. The molecule has 1 aromatic rings. The van der Waals surface area contributed by atoms with Crippen LogP contribution in [0.25, 0.3) is 0 Å². The molecule has 0 spiro atoms. The lowest BCUT2D eigenvalue weighted by Crippen LogP contribution is -2.29. The SMILES string of the molecule is CCCCNC(=O)COc1cc(Cl)ccc1I. The Hall–Kier alpha value is -0.490. The monoisotopic (exact) mass is 367 g/mol. The molecule has 0 unspecified atom stereocenters. The van der Waals surface area contributed by atoms with Crippen molar-refractivity contribution in [3.63, 3.8) is 0 Å². The molecule has 0 bridgehead atoms. The van der Waals surface area contributed by atoms with Crippen LogP contribution in [0.2, 0.25) is 5.02 Å². The van der Waals surface area contributed by atoms with Gasteiger partial charge < -0.3 is 10.1 Å². The lowest BCUT2D eigenvalue weighted by atomic mass is 10.3. The minimum atomic E-state index is -0.103. The van der Waals surface area contributed by atoms with Crippen molar-refractivity contribution in [2.45, 2.75) is 19.8 Å². The van der Waals surface area contributed by atoms with Crippen LogP contribution < -0.4 is 10.1 Å². The molecule has 17 heavy (non-hydrogen) atoms. The molecule has 0 aromatic heterocycles. The van der Waals surface area contributed by atoms with Crippen LogP contribution in [0.4, 0.5) is 0 Å². The molecule has 1 amide bonds. The van der Waals surface area contributed by atoms with E-state index in [1.54, 1.807) is 12.1 Å².